The van der Waals surface area contributed by atoms with Crippen LogP contribution in [-0.2, 0) is 4.74 Å². The summed E-state index contributed by atoms with van der Waals surface area (Å²) in [6, 6.07) is 5.91. The second-order valence-corrected chi connectivity index (χ2v) is 5.91. The van der Waals surface area contributed by atoms with E-state index in [2.05, 4.69) is 22.0 Å². The molecule has 3 nitrogen and oxygen atoms in total. The third-order valence-corrected chi connectivity index (χ3v) is 3.19. The molecule has 0 aliphatic heterocycles. The van der Waals surface area contributed by atoms with Gasteiger partial charge in [0.15, 0.2) is 0 Å². The summed E-state index contributed by atoms with van der Waals surface area (Å²) in [4.78, 5) is 14.1. The Hall–Kier alpha value is -0.870. The summed E-state index contributed by atoms with van der Waals surface area (Å²) in [5.41, 5.74) is 2.96. The van der Waals surface area contributed by atoms with Crippen molar-refractivity contribution in [3.05, 3.63) is 34.9 Å². The fourth-order valence-corrected chi connectivity index (χ4v) is 2.63. The Kier molecular flexibility index (Phi) is 5.82. The van der Waals surface area contributed by atoms with Gasteiger partial charge in [-0.05, 0) is 26.0 Å². The largest absolute Gasteiger partial charge is 0.383 e. The van der Waals surface area contributed by atoms with Crippen LogP contribution < -0.4 is 0 Å². The van der Waals surface area contributed by atoms with E-state index < -0.39 is 0 Å². The van der Waals surface area contributed by atoms with Crippen LogP contribution in [0.15, 0.2) is 18.2 Å². The molecule has 100 valence electrons. The molecule has 1 aromatic rings. The molecule has 0 heterocycles. The van der Waals surface area contributed by atoms with Crippen molar-refractivity contribution >= 4 is 21.8 Å². The smallest absolute Gasteiger partial charge is 0.253 e. The molecule has 0 radical (unpaired) electrons. The Morgan fingerprint density at radius 2 is 1.89 bits per heavy atom. The summed E-state index contributed by atoms with van der Waals surface area (Å²) in [5, 5.41) is 0. The average Bonchev–Trinajstić information content (AvgIpc) is 2.26. The number of nitrogens with zero attached hydrogens (tertiary/aromatic N) is 1. The number of carbonyl (C=O) groups is 1. The summed E-state index contributed by atoms with van der Waals surface area (Å²) in [7, 11) is 3.46. The van der Waals surface area contributed by atoms with Gasteiger partial charge in [-0.15, -0.1) is 0 Å². The minimum absolute atomic E-state index is 0.0438. The van der Waals surface area contributed by atoms with Crippen molar-refractivity contribution in [2.75, 3.05) is 27.3 Å². The monoisotopic (exact) mass is 313 g/mol. The number of ether oxygens (including phenoxy) is 1. The molecule has 0 saturated heterocycles. The Morgan fingerprint density at radius 1 is 1.33 bits per heavy atom. The molecule has 0 bridgehead atoms. The van der Waals surface area contributed by atoms with Crippen LogP contribution in [0.2, 0.25) is 0 Å². The van der Waals surface area contributed by atoms with Crippen molar-refractivity contribution in [1.82, 2.24) is 4.90 Å². The number of carbonyl (C=O) groups excluding carboxylic acids is 1. The molecule has 0 aliphatic carbocycles. The minimum Gasteiger partial charge on any atom is -0.383 e. The van der Waals surface area contributed by atoms with Crippen molar-refractivity contribution in [1.29, 1.82) is 0 Å². The third kappa shape index (κ3) is 4.42. The van der Waals surface area contributed by atoms with Crippen molar-refractivity contribution in [3.63, 3.8) is 0 Å². The first-order valence-electron chi connectivity index (χ1n) is 5.90. The molecule has 4 heteroatoms. The number of aryl methyl sites for hydroxylation is 2. The van der Waals surface area contributed by atoms with Gasteiger partial charge in [0.1, 0.15) is 0 Å². The van der Waals surface area contributed by atoms with Crippen LogP contribution in [0, 0.1) is 13.8 Å². The Balaban J connectivity index is 2.74. The normalized spacial score (nSPS) is 12.3. The highest BCUT2D eigenvalue weighted by Crippen LogP contribution is 2.12. The van der Waals surface area contributed by atoms with E-state index in [1.54, 1.807) is 12.0 Å². The standard InChI is InChI=1S/C14H20BrNO2/c1-10-5-11(2)7-12(6-10)14(17)16(3)8-13(15)9-18-4/h5-7,13H,8-9H2,1-4H3. The van der Waals surface area contributed by atoms with Gasteiger partial charge in [0, 0.05) is 26.3 Å². The van der Waals surface area contributed by atoms with Gasteiger partial charge in [-0.2, -0.15) is 0 Å². The zero-order chi connectivity index (χ0) is 13.7. The molecule has 0 spiro atoms. The molecule has 0 saturated carbocycles. The van der Waals surface area contributed by atoms with E-state index >= 15 is 0 Å². The molecule has 1 aromatic carbocycles. The molecule has 1 atom stereocenters. The van der Waals surface area contributed by atoms with E-state index in [1.165, 1.54) is 0 Å². The van der Waals surface area contributed by atoms with E-state index in [0.717, 1.165) is 16.7 Å². The first-order chi connectivity index (χ1) is 8.43. The van der Waals surface area contributed by atoms with Crippen LogP contribution in [0.3, 0.4) is 0 Å². The third-order valence-electron chi connectivity index (χ3n) is 2.63. The molecule has 1 unspecified atom stereocenters. The summed E-state index contributed by atoms with van der Waals surface area (Å²) in [6.07, 6.45) is 0. The minimum atomic E-state index is 0.0438. The van der Waals surface area contributed by atoms with Crippen LogP contribution >= 0.6 is 15.9 Å². The maximum Gasteiger partial charge on any atom is 0.253 e. The van der Waals surface area contributed by atoms with Crippen molar-refractivity contribution in [3.8, 4) is 0 Å². The van der Waals surface area contributed by atoms with Crippen molar-refractivity contribution < 1.29 is 9.53 Å². The van der Waals surface area contributed by atoms with Crippen LogP contribution in [0.5, 0.6) is 0 Å². The first-order valence-corrected chi connectivity index (χ1v) is 6.82. The van der Waals surface area contributed by atoms with E-state index in [4.69, 9.17) is 4.74 Å². The molecule has 18 heavy (non-hydrogen) atoms. The fourth-order valence-electron chi connectivity index (χ4n) is 1.93. The number of hydrogen-bond donors (Lipinski definition) is 0. The molecule has 0 fully saturated rings. The predicted octanol–water partition coefficient (Wildman–Crippen LogP) is 2.79. The van der Waals surface area contributed by atoms with Crippen LogP contribution in [0.1, 0.15) is 21.5 Å². The van der Waals surface area contributed by atoms with Crippen LogP contribution in [-0.4, -0.2) is 42.9 Å². The highest BCUT2D eigenvalue weighted by Gasteiger charge is 2.15. The van der Waals surface area contributed by atoms with E-state index in [1.807, 2.05) is 33.0 Å². The number of alkyl halides is 1. The summed E-state index contributed by atoms with van der Waals surface area (Å²) in [6.45, 7) is 5.22. The number of halogens is 1. The first kappa shape index (κ1) is 15.2. The molecule has 1 rings (SSSR count). The molecule has 0 aromatic heterocycles. The maximum absolute atomic E-state index is 12.3. The second kappa shape index (κ2) is 6.90. The lowest BCUT2D eigenvalue weighted by Crippen LogP contribution is -2.33. The zero-order valence-electron chi connectivity index (χ0n) is 11.4. The number of methoxy groups -OCH3 is 1. The molecule has 1 amide bonds. The fraction of sp³-hybridized carbons (Fsp3) is 0.500. The van der Waals surface area contributed by atoms with Crippen LogP contribution in [0.4, 0.5) is 0 Å². The Morgan fingerprint density at radius 3 is 2.39 bits per heavy atom. The molecular weight excluding hydrogens is 294 g/mol. The highest BCUT2D eigenvalue weighted by molar-refractivity contribution is 9.09. The lowest BCUT2D eigenvalue weighted by atomic mass is 10.1. The molecule has 0 aliphatic rings. The SMILES string of the molecule is COCC(Br)CN(C)C(=O)c1cc(C)cc(C)c1. The van der Waals surface area contributed by atoms with Gasteiger partial charge >= 0.3 is 0 Å². The van der Waals surface area contributed by atoms with Gasteiger partial charge in [-0.3, -0.25) is 4.79 Å². The van der Waals surface area contributed by atoms with Gasteiger partial charge in [0.05, 0.1) is 11.4 Å². The van der Waals surface area contributed by atoms with Crippen molar-refractivity contribution in [2.45, 2.75) is 18.7 Å². The Bertz CT molecular complexity index is 400. The maximum atomic E-state index is 12.3. The van der Waals surface area contributed by atoms with Gasteiger partial charge < -0.3 is 9.64 Å². The van der Waals surface area contributed by atoms with E-state index in [-0.39, 0.29) is 10.7 Å². The number of benzene rings is 1. The second-order valence-electron chi connectivity index (χ2n) is 4.61. The Labute approximate surface area is 117 Å². The highest BCUT2D eigenvalue weighted by atomic mass is 79.9. The lowest BCUT2D eigenvalue weighted by molar-refractivity contribution is 0.0784. The van der Waals surface area contributed by atoms with Gasteiger partial charge in [0.2, 0.25) is 0 Å². The zero-order valence-corrected chi connectivity index (χ0v) is 13.0. The average molecular weight is 314 g/mol. The summed E-state index contributed by atoms with van der Waals surface area (Å²) < 4.78 is 5.04. The van der Waals surface area contributed by atoms with Gasteiger partial charge in [-0.1, -0.05) is 33.1 Å². The molecular formula is C14H20BrNO2. The lowest BCUT2D eigenvalue weighted by Gasteiger charge is -2.20. The van der Waals surface area contributed by atoms with E-state index in [0.29, 0.717) is 13.2 Å². The quantitative estimate of drug-likeness (QED) is 0.782. The number of hydrogen-bond acceptors (Lipinski definition) is 2. The topological polar surface area (TPSA) is 29.5 Å². The number of rotatable bonds is 5. The summed E-state index contributed by atoms with van der Waals surface area (Å²) >= 11 is 3.49. The van der Waals surface area contributed by atoms with Crippen LogP contribution in [0.25, 0.3) is 0 Å². The van der Waals surface area contributed by atoms with Gasteiger partial charge in [0.25, 0.3) is 5.91 Å². The van der Waals surface area contributed by atoms with Crippen molar-refractivity contribution in [2.24, 2.45) is 0 Å². The summed E-state index contributed by atoms with van der Waals surface area (Å²) in [5.74, 6) is 0.0438. The van der Waals surface area contributed by atoms with E-state index in [9.17, 15) is 4.79 Å². The molecule has 0 N–H and O–H groups in total. The number of amides is 1. The predicted molar refractivity (Wildman–Crippen MR) is 77.5 cm³/mol. The van der Waals surface area contributed by atoms with Gasteiger partial charge in [-0.25, -0.2) is 0 Å².